The van der Waals surface area contributed by atoms with E-state index in [1.807, 2.05) is 19.1 Å². The highest BCUT2D eigenvalue weighted by atomic mass is 19.1. The van der Waals surface area contributed by atoms with Gasteiger partial charge in [0.15, 0.2) is 0 Å². The van der Waals surface area contributed by atoms with Crippen molar-refractivity contribution < 1.29 is 18.5 Å². The third kappa shape index (κ3) is 5.97. The van der Waals surface area contributed by atoms with Crippen LogP contribution in [0.25, 0.3) is 11.4 Å². The molecular weight excluding hydrogens is 399 g/mol. The quantitative estimate of drug-likeness (QED) is 0.561. The molecule has 0 bridgehead atoms. The Balaban J connectivity index is 1.51. The lowest BCUT2D eigenvalue weighted by Crippen LogP contribution is -2.26. The molecule has 1 heterocycles. The van der Waals surface area contributed by atoms with Crippen LogP contribution >= 0.6 is 0 Å². The molecule has 0 saturated carbocycles. The number of anilines is 1. The third-order valence-electron chi connectivity index (χ3n) is 4.86. The molecule has 2 amide bonds. The SMILES string of the molecule is CCC(=O)Nc1ccc(C(C)NC(=O)CCc2nc(-c3ccc(C)c(F)c3)no2)cc1. The molecule has 0 aliphatic heterocycles. The summed E-state index contributed by atoms with van der Waals surface area (Å²) < 4.78 is 18.9. The van der Waals surface area contributed by atoms with Gasteiger partial charge >= 0.3 is 0 Å². The standard InChI is InChI=1S/C23H25FN4O3/c1-4-20(29)26-18-9-7-16(8-10-18)15(3)25-21(30)11-12-22-27-23(28-31-22)17-6-5-14(2)19(24)13-17/h5-10,13,15H,4,11-12H2,1-3H3,(H,25,30)(H,26,29). The lowest BCUT2D eigenvalue weighted by molar-refractivity contribution is -0.121. The van der Waals surface area contributed by atoms with Crippen molar-refractivity contribution in [2.24, 2.45) is 0 Å². The Labute approximate surface area is 180 Å². The maximum atomic E-state index is 13.7. The summed E-state index contributed by atoms with van der Waals surface area (Å²) in [5.41, 5.74) is 2.70. The second-order valence-corrected chi connectivity index (χ2v) is 7.29. The number of nitrogens with one attached hydrogen (secondary N) is 2. The van der Waals surface area contributed by atoms with Crippen LogP contribution < -0.4 is 10.6 Å². The van der Waals surface area contributed by atoms with Gasteiger partial charge in [0.2, 0.25) is 23.5 Å². The molecule has 7 nitrogen and oxygen atoms in total. The van der Waals surface area contributed by atoms with E-state index in [-0.39, 0.29) is 42.3 Å². The van der Waals surface area contributed by atoms with Crippen LogP contribution in [0.4, 0.5) is 10.1 Å². The van der Waals surface area contributed by atoms with Crippen LogP contribution in [0, 0.1) is 12.7 Å². The van der Waals surface area contributed by atoms with Gasteiger partial charge in [-0.1, -0.05) is 36.3 Å². The third-order valence-corrected chi connectivity index (χ3v) is 4.86. The number of rotatable bonds is 8. The highest BCUT2D eigenvalue weighted by Gasteiger charge is 2.14. The van der Waals surface area contributed by atoms with E-state index < -0.39 is 0 Å². The number of aryl methyl sites for hydroxylation is 2. The van der Waals surface area contributed by atoms with Crippen molar-refractivity contribution in [3.63, 3.8) is 0 Å². The minimum atomic E-state index is -0.335. The highest BCUT2D eigenvalue weighted by Crippen LogP contribution is 2.20. The molecule has 0 spiro atoms. The summed E-state index contributed by atoms with van der Waals surface area (Å²) in [6.45, 7) is 5.35. The first-order valence-electron chi connectivity index (χ1n) is 10.1. The van der Waals surface area contributed by atoms with Gasteiger partial charge in [0.1, 0.15) is 5.82 Å². The maximum Gasteiger partial charge on any atom is 0.227 e. The molecule has 0 aliphatic rings. The van der Waals surface area contributed by atoms with Crippen LogP contribution in [0.5, 0.6) is 0 Å². The average Bonchev–Trinajstić information content (AvgIpc) is 3.23. The Morgan fingerprint density at radius 2 is 1.87 bits per heavy atom. The maximum absolute atomic E-state index is 13.7. The number of aromatic nitrogens is 2. The molecule has 1 atom stereocenters. The van der Waals surface area contributed by atoms with Gasteiger partial charge < -0.3 is 15.2 Å². The number of hydrogen-bond donors (Lipinski definition) is 2. The van der Waals surface area contributed by atoms with Crippen LogP contribution in [-0.2, 0) is 16.0 Å². The summed E-state index contributed by atoms with van der Waals surface area (Å²) in [4.78, 5) is 28.0. The van der Waals surface area contributed by atoms with Crippen LogP contribution in [0.15, 0.2) is 47.0 Å². The fourth-order valence-electron chi connectivity index (χ4n) is 2.93. The summed E-state index contributed by atoms with van der Waals surface area (Å²) in [7, 11) is 0. The molecule has 2 aromatic carbocycles. The lowest BCUT2D eigenvalue weighted by atomic mass is 10.1. The van der Waals surface area contributed by atoms with E-state index in [9.17, 15) is 14.0 Å². The molecule has 8 heteroatoms. The van der Waals surface area contributed by atoms with Crippen molar-refractivity contribution in [2.45, 2.75) is 46.1 Å². The zero-order chi connectivity index (χ0) is 22.4. The largest absolute Gasteiger partial charge is 0.350 e. The van der Waals surface area contributed by atoms with Crippen molar-refractivity contribution in [2.75, 3.05) is 5.32 Å². The van der Waals surface area contributed by atoms with Crippen molar-refractivity contribution in [1.82, 2.24) is 15.5 Å². The van der Waals surface area contributed by atoms with Gasteiger partial charge in [0.25, 0.3) is 0 Å². The van der Waals surface area contributed by atoms with Gasteiger partial charge in [-0.25, -0.2) is 4.39 Å². The van der Waals surface area contributed by atoms with Crippen LogP contribution in [0.2, 0.25) is 0 Å². The van der Waals surface area contributed by atoms with E-state index in [2.05, 4.69) is 20.8 Å². The van der Waals surface area contributed by atoms with Gasteiger partial charge in [-0.3, -0.25) is 9.59 Å². The molecule has 162 valence electrons. The first-order chi connectivity index (χ1) is 14.9. The number of amides is 2. The Kier molecular flexibility index (Phi) is 7.12. The van der Waals surface area contributed by atoms with E-state index in [0.29, 0.717) is 23.4 Å². The fourth-order valence-corrected chi connectivity index (χ4v) is 2.93. The Bertz CT molecular complexity index is 1060. The fraction of sp³-hybridized carbons (Fsp3) is 0.304. The van der Waals surface area contributed by atoms with E-state index in [4.69, 9.17) is 4.52 Å². The molecule has 3 rings (SSSR count). The second-order valence-electron chi connectivity index (χ2n) is 7.29. The van der Waals surface area contributed by atoms with Gasteiger partial charge in [0.05, 0.1) is 6.04 Å². The summed E-state index contributed by atoms with van der Waals surface area (Å²) in [5, 5.41) is 9.57. The minimum absolute atomic E-state index is 0.0502. The second kappa shape index (κ2) is 9.97. The minimum Gasteiger partial charge on any atom is -0.350 e. The molecule has 2 N–H and O–H groups in total. The molecule has 0 saturated heterocycles. The summed E-state index contributed by atoms with van der Waals surface area (Å²) in [6.07, 6.45) is 0.873. The molecular formula is C23H25FN4O3. The van der Waals surface area contributed by atoms with Crippen molar-refractivity contribution in [3.8, 4) is 11.4 Å². The monoisotopic (exact) mass is 424 g/mol. The van der Waals surface area contributed by atoms with Gasteiger partial charge in [0, 0.05) is 30.5 Å². The van der Waals surface area contributed by atoms with Gasteiger partial charge in [-0.15, -0.1) is 0 Å². The molecule has 3 aromatic rings. The smallest absolute Gasteiger partial charge is 0.227 e. The number of halogens is 1. The van der Waals surface area contributed by atoms with E-state index in [1.54, 1.807) is 38.1 Å². The van der Waals surface area contributed by atoms with Crippen molar-refractivity contribution in [3.05, 3.63) is 65.3 Å². The van der Waals surface area contributed by atoms with E-state index in [0.717, 1.165) is 11.3 Å². The first-order valence-corrected chi connectivity index (χ1v) is 10.1. The molecule has 1 unspecified atom stereocenters. The number of hydrogen-bond acceptors (Lipinski definition) is 5. The predicted octanol–water partition coefficient (Wildman–Crippen LogP) is 4.34. The van der Waals surface area contributed by atoms with Crippen molar-refractivity contribution in [1.29, 1.82) is 0 Å². The average molecular weight is 424 g/mol. The van der Waals surface area contributed by atoms with Gasteiger partial charge in [-0.05, 0) is 43.2 Å². The predicted molar refractivity (Wildman–Crippen MR) is 115 cm³/mol. The van der Waals surface area contributed by atoms with E-state index >= 15 is 0 Å². The number of carbonyl (C=O) groups is 2. The number of carbonyl (C=O) groups excluding carboxylic acids is 2. The first kappa shape index (κ1) is 22.1. The van der Waals surface area contributed by atoms with Crippen LogP contribution in [0.1, 0.15) is 49.7 Å². The molecule has 0 radical (unpaired) electrons. The summed E-state index contributed by atoms with van der Waals surface area (Å²) in [6, 6.07) is 11.9. The van der Waals surface area contributed by atoms with Gasteiger partial charge in [-0.2, -0.15) is 4.98 Å². The molecule has 0 aliphatic carbocycles. The lowest BCUT2D eigenvalue weighted by Gasteiger charge is -2.14. The molecule has 0 fully saturated rings. The Morgan fingerprint density at radius 3 is 2.55 bits per heavy atom. The molecule has 1 aromatic heterocycles. The Hall–Kier alpha value is -3.55. The number of benzene rings is 2. The Morgan fingerprint density at radius 1 is 1.13 bits per heavy atom. The summed E-state index contributed by atoms with van der Waals surface area (Å²) >= 11 is 0. The normalized spacial score (nSPS) is 11.7. The zero-order valence-electron chi connectivity index (χ0n) is 17.7. The van der Waals surface area contributed by atoms with Crippen molar-refractivity contribution >= 4 is 17.5 Å². The topological polar surface area (TPSA) is 97.1 Å². The van der Waals surface area contributed by atoms with Crippen LogP contribution in [0.3, 0.4) is 0 Å². The molecule has 31 heavy (non-hydrogen) atoms. The highest BCUT2D eigenvalue weighted by molar-refractivity contribution is 5.90. The van der Waals surface area contributed by atoms with Crippen LogP contribution in [-0.4, -0.2) is 22.0 Å². The van der Waals surface area contributed by atoms with E-state index in [1.165, 1.54) is 6.07 Å². The zero-order valence-corrected chi connectivity index (χ0v) is 17.7. The number of nitrogens with zero attached hydrogens (tertiary/aromatic N) is 2. The summed E-state index contributed by atoms with van der Waals surface area (Å²) in [5.74, 6) is 0.0634.